The summed E-state index contributed by atoms with van der Waals surface area (Å²) in [6, 6.07) is 5.10. The van der Waals surface area contributed by atoms with Crippen molar-refractivity contribution in [1.82, 2.24) is 0 Å². The average Bonchev–Trinajstić information content (AvgIpc) is 3.09. The molecule has 0 N–H and O–H groups in total. The summed E-state index contributed by atoms with van der Waals surface area (Å²) in [5.41, 5.74) is 1.54. The number of methoxy groups -OCH3 is 1. The summed E-state index contributed by atoms with van der Waals surface area (Å²) in [5, 5.41) is 9.04. The van der Waals surface area contributed by atoms with E-state index in [0.29, 0.717) is 18.6 Å². The highest BCUT2D eigenvalue weighted by Crippen LogP contribution is 2.46. The van der Waals surface area contributed by atoms with Gasteiger partial charge in [-0.3, -0.25) is 0 Å². The van der Waals surface area contributed by atoms with Crippen LogP contribution in [-0.2, 0) is 9.84 Å². The van der Waals surface area contributed by atoms with Crippen molar-refractivity contribution >= 4 is 9.84 Å². The fourth-order valence-corrected chi connectivity index (χ4v) is 4.04. The van der Waals surface area contributed by atoms with Crippen LogP contribution in [-0.4, -0.2) is 20.3 Å². The van der Waals surface area contributed by atoms with Crippen LogP contribution in [0.25, 0.3) is 0 Å². The Kier molecular flexibility index (Phi) is 2.86. The number of nitrogens with zero attached hydrogens (tertiary/aromatic N) is 1. The van der Waals surface area contributed by atoms with Gasteiger partial charge in [0.05, 0.1) is 18.1 Å². The number of benzene rings is 1. The number of aryl methyl sites for hydroxylation is 2. The summed E-state index contributed by atoms with van der Waals surface area (Å²) in [6.07, 6.45) is 0.853. The molecule has 0 heterocycles. The second-order valence-electron chi connectivity index (χ2n) is 4.70. The largest absolute Gasteiger partial charge is 0.496 e. The second-order valence-corrected chi connectivity index (χ2v) is 6.96. The molecule has 1 fully saturated rings. The third kappa shape index (κ3) is 1.68. The number of hydrogen-bond donors (Lipinski definition) is 0. The SMILES string of the molecule is COc1c(C)cc(S(=O)(=O)C2(C#N)CC2)cc1C. The summed E-state index contributed by atoms with van der Waals surface area (Å²) in [4.78, 5) is 0.220. The first-order valence-corrected chi connectivity index (χ1v) is 7.17. The number of ether oxygens (including phenoxy) is 1. The molecule has 2 rings (SSSR count). The predicted octanol–water partition coefficient (Wildman–Crippen LogP) is 2.14. The highest BCUT2D eigenvalue weighted by atomic mass is 32.2. The minimum absolute atomic E-state index is 0.220. The number of hydrogen-bond acceptors (Lipinski definition) is 4. The smallest absolute Gasteiger partial charge is 0.197 e. The maximum atomic E-state index is 12.4. The van der Waals surface area contributed by atoms with E-state index in [9.17, 15) is 8.42 Å². The van der Waals surface area contributed by atoms with Crippen molar-refractivity contribution in [3.8, 4) is 11.8 Å². The maximum Gasteiger partial charge on any atom is 0.197 e. The molecule has 18 heavy (non-hydrogen) atoms. The Balaban J connectivity index is 2.58. The molecule has 1 aliphatic carbocycles. The molecule has 0 spiro atoms. The minimum atomic E-state index is -3.56. The van der Waals surface area contributed by atoms with E-state index in [1.165, 1.54) is 0 Å². The van der Waals surface area contributed by atoms with Crippen LogP contribution in [0.2, 0.25) is 0 Å². The monoisotopic (exact) mass is 265 g/mol. The van der Waals surface area contributed by atoms with Crippen LogP contribution in [0.5, 0.6) is 5.75 Å². The van der Waals surface area contributed by atoms with Crippen LogP contribution in [0.1, 0.15) is 24.0 Å². The van der Waals surface area contributed by atoms with E-state index in [4.69, 9.17) is 10.00 Å². The van der Waals surface area contributed by atoms with E-state index >= 15 is 0 Å². The molecule has 96 valence electrons. The average molecular weight is 265 g/mol. The van der Waals surface area contributed by atoms with Gasteiger partial charge in [-0.25, -0.2) is 8.42 Å². The normalized spacial score (nSPS) is 17.0. The lowest BCUT2D eigenvalue weighted by Crippen LogP contribution is -2.21. The van der Waals surface area contributed by atoms with E-state index in [1.807, 2.05) is 6.07 Å². The van der Waals surface area contributed by atoms with Crippen molar-refractivity contribution < 1.29 is 13.2 Å². The third-order valence-corrected chi connectivity index (χ3v) is 5.76. The molecule has 1 aromatic rings. The topological polar surface area (TPSA) is 67.2 Å². The summed E-state index contributed by atoms with van der Waals surface area (Å²) >= 11 is 0. The van der Waals surface area contributed by atoms with Crippen molar-refractivity contribution in [2.24, 2.45) is 0 Å². The Labute approximate surface area is 107 Å². The van der Waals surface area contributed by atoms with Gasteiger partial charge < -0.3 is 4.74 Å². The van der Waals surface area contributed by atoms with Gasteiger partial charge in [-0.2, -0.15) is 5.26 Å². The number of rotatable bonds is 3. The standard InChI is InChI=1S/C13H15NO3S/c1-9-6-11(7-10(2)12(9)17-3)18(15,16)13(8-14)4-5-13/h6-7H,4-5H2,1-3H3. The molecular weight excluding hydrogens is 250 g/mol. The van der Waals surface area contributed by atoms with Crippen molar-refractivity contribution in [3.05, 3.63) is 23.3 Å². The Bertz CT molecular complexity index is 614. The van der Waals surface area contributed by atoms with Gasteiger partial charge in [-0.15, -0.1) is 0 Å². The number of sulfone groups is 1. The molecule has 1 aliphatic rings. The summed E-state index contributed by atoms with van der Waals surface area (Å²) in [5.74, 6) is 0.691. The van der Waals surface area contributed by atoms with E-state index in [1.54, 1.807) is 33.1 Å². The van der Waals surface area contributed by atoms with Crippen molar-refractivity contribution in [2.45, 2.75) is 36.3 Å². The van der Waals surface area contributed by atoms with Gasteiger partial charge in [0, 0.05) is 0 Å². The molecule has 0 saturated heterocycles. The van der Waals surface area contributed by atoms with Crippen molar-refractivity contribution in [1.29, 1.82) is 5.26 Å². The molecular formula is C13H15NO3S. The summed E-state index contributed by atoms with van der Waals surface area (Å²) in [7, 11) is -2.01. The van der Waals surface area contributed by atoms with Gasteiger partial charge >= 0.3 is 0 Å². The van der Waals surface area contributed by atoms with Crippen LogP contribution < -0.4 is 4.74 Å². The van der Waals surface area contributed by atoms with Crippen LogP contribution in [0, 0.1) is 25.2 Å². The van der Waals surface area contributed by atoms with Gasteiger partial charge in [0.2, 0.25) is 0 Å². The minimum Gasteiger partial charge on any atom is -0.496 e. The molecule has 5 heteroatoms. The Morgan fingerprint density at radius 2 is 1.78 bits per heavy atom. The third-order valence-electron chi connectivity index (χ3n) is 3.37. The molecule has 4 nitrogen and oxygen atoms in total. The zero-order valence-electron chi connectivity index (χ0n) is 10.6. The van der Waals surface area contributed by atoms with Crippen LogP contribution in [0.3, 0.4) is 0 Å². The molecule has 0 aliphatic heterocycles. The van der Waals surface area contributed by atoms with Gasteiger partial charge in [-0.05, 0) is 49.9 Å². The summed E-state index contributed by atoms with van der Waals surface area (Å²) in [6.45, 7) is 3.60. The van der Waals surface area contributed by atoms with Crippen molar-refractivity contribution in [3.63, 3.8) is 0 Å². The Morgan fingerprint density at radius 1 is 1.28 bits per heavy atom. The van der Waals surface area contributed by atoms with E-state index < -0.39 is 14.6 Å². The van der Waals surface area contributed by atoms with Crippen LogP contribution in [0.15, 0.2) is 17.0 Å². The van der Waals surface area contributed by atoms with E-state index in [0.717, 1.165) is 11.1 Å². The van der Waals surface area contributed by atoms with Gasteiger partial charge in [0.1, 0.15) is 5.75 Å². The molecule has 1 aromatic carbocycles. The highest BCUT2D eigenvalue weighted by Gasteiger charge is 2.56. The van der Waals surface area contributed by atoms with Crippen LogP contribution in [0.4, 0.5) is 0 Å². The first-order chi connectivity index (χ1) is 8.38. The molecule has 0 bridgehead atoms. The van der Waals surface area contributed by atoms with E-state index in [2.05, 4.69) is 0 Å². The van der Waals surface area contributed by atoms with E-state index in [-0.39, 0.29) is 4.90 Å². The zero-order valence-corrected chi connectivity index (χ0v) is 11.5. The van der Waals surface area contributed by atoms with Gasteiger partial charge in [0.25, 0.3) is 0 Å². The maximum absolute atomic E-state index is 12.4. The first-order valence-electron chi connectivity index (χ1n) is 5.69. The zero-order chi connectivity index (χ0) is 13.6. The molecule has 0 aromatic heterocycles. The lowest BCUT2D eigenvalue weighted by atomic mass is 10.1. The van der Waals surface area contributed by atoms with Gasteiger partial charge in [0.15, 0.2) is 14.6 Å². The quantitative estimate of drug-likeness (QED) is 0.839. The fraction of sp³-hybridized carbons (Fsp3) is 0.462. The van der Waals surface area contributed by atoms with Crippen molar-refractivity contribution in [2.75, 3.05) is 7.11 Å². The lowest BCUT2D eigenvalue weighted by molar-refractivity contribution is 0.408. The Hall–Kier alpha value is -1.54. The Morgan fingerprint density at radius 3 is 2.11 bits per heavy atom. The molecule has 0 unspecified atom stereocenters. The molecule has 1 saturated carbocycles. The lowest BCUT2D eigenvalue weighted by Gasteiger charge is -2.13. The molecule has 0 amide bonds. The molecule has 0 radical (unpaired) electrons. The fourth-order valence-electron chi connectivity index (χ4n) is 2.17. The highest BCUT2D eigenvalue weighted by molar-refractivity contribution is 7.93. The number of nitriles is 1. The first kappa shape index (κ1) is 12.9. The van der Waals surface area contributed by atoms with Crippen LogP contribution >= 0.6 is 0 Å². The van der Waals surface area contributed by atoms with Gasteiger partial charge in [-0.1, -0.05) is 0 Å². The molecule has 0 atom stereocenters. The summed E-state index contributed by atoms with van der Waals surface area (Å²) < 4.78 is 28.8. The second kappa shape index (κ2) is 3.99. The predicted molar refractivity (Wildman–Crippen MR) is 67.2 cm³/mol.